The Morgan fingerprint density at radius 3 is 2.86 bits per heavy atom. The van der Waals surface area contributed by atoms with E-state index in [9.17, 15) is 4.79 Å². The molecule has 1 aliphatic rings. The lowest BCUT2D eigenvalue weighted by Crippen LogP contribution is -1.98. The average molecular weight is 186 g/mol. The Hall–Kier alpha value is -1.57. The smallest absolute Gasteiger partial charge is 0.192 e. The van der Waals surface area contributed by atoms with Crippen LogP contribution in [0, 0.1) is 0 Å². The summed E-state index contributed by atoms with van der Waals surface area (Å²) >= 11 is 0. The number of hydrogen-bond acceptors (Lipinski definition) is 2. The van der Waals surface area contributed by atoms with Crippen LogP contribution in [-0.4, -0.2) is 0 Å². The van der Waals surface area contributed by atoms with Crippen LogP contribution in [0.5, 0.6) is 0 Å². The molecule has 0 spiro atoms. The minimum atomic E-state index is 0.0498. The number of fused-ring (bicyclic) bond motifs is 1. The van der Waals surface area contributed by atoms with Gasteiger partial charge in [-0.25, -0.2) is 0 Å². The molecule has 1 heterocycles. The third-order valence-corrected chi connectivity index (χ3v) is 2.73. The molecule has 3 rings (SSSR count). The highest BCUT2D eigenvalue weighted by Gasteiger charge is 2.23. The summed E-state index contributed by atoms with van der Waals surface area (Å²) in [6.07, 6.45) is 3.95. The van der Waals surface area contributed by atoms with Crippen molar-refractivity contribution < 1.29 is 4.42 Å². The number of rotatable bonds is 1. The molecule has 0 N–H and O–H groups in total. The van der Waals surface area contributed by atoms with Crippen molar-refractivity contribution in [2.24, 2.45) is 0 Å². The molecular weight excluding hydrogens is 176 g/mol. The van der Waals surface area contributed by atoms with Gasteiger partial charge >= 0.3 is 0 Å². The molecule has 2 aromatic rings. The fraction of sp³-hybridized carbons (Fsp3) is 0.250. The Balaban J connectivity index is 2.30. The van der Waals surface area contributed by atoms with Crippen molar-refractivity contribution in [2.45, 2.75) is 18.8 Å². The number of hydrogen-bond donors (Lipinski definition) is 0. The molecule has 1 aliphatic carbocycles. The van der Waals surface area contributed by atoms with Crippen LogP contribution in [0.15, 0.2) is 39.7 Å². The van der Waals surface area contributed by atoms with Gasteiger partial charge in [-0.3, -0.25) is 4.79 Å². The Morgan fingerprint density at radius 1 is 1.21 bits per heavy atom. The molecule has 0 unspecified atom stereocenters. The summed E-state index contributed by atoms with van der Waals surface area (Å²) < 4.78 is 5.25. The summed E-state index contributed by atoms with van der Waals surface area (Å²) in [5.41, 5.74) is 2.01. The van der Waals surface area contributed by atoms with Gasteiger partial charge in [0.25, 0.3) is 0 Å². The Kier molecular flexibility index (Phi) is 1.51. The van der Waals surface area contributed by atoms with Crippen molar-refractivity contribution in [3.63, 3.8) is 0 Å². The standard InChI is InChI=1S/C12H10O2/c13-11-5-6-14-12-4-3-9(7-10(11)12)8-1-2-8/h3-8H,1-2H2. The van der Waals surface area contributed by atoms with Gasteiger partial charge in [-0.05, 0) is 36.5 Å². The predicted molar refractivity (Wildman–Crippen MR) is 54.5 cm³/mol. The van der Waals surface area contributed by atoms with Gasteiger partial charge in [-0.1, -0.05) is 6.07 Å². The SMILES string of the molecule is O=c1ccoc2ccc(C3CC3)cc12. The van der Waals surface area contributed by atoms with Crippen molar-refractivity contribution >= 4 is 11.0 Å². The fourth-order valence-corrected chi connectivity index (χ4v) is 1.77. The maximum absolute atomic E-state index is 11.5. The van der Waals surface area contributed by atoms with Crippen LogP contribution >= 0.6 is 0 Å². The maximum Gasteiger partial charge on any atom is 0.192 e. The van der Waals surface area contributed by atoms with Crippen LogP contribution < -0.4 is 5.43 Å². The first-order chi connectivity index (χ1) is 6.84. The molecule has 0 bridgehead atoms. The number of benzene rings is 1. The zero-order chi connectivity index (χ0) is 9.54. The largest absolute Gasteiger partial charge is 0.464 e. The average Bonchev–Trinajstić information content (AvgIpc) is 3.01. The zero-order valence-electron chi connectivity index (χ0n) is 7.69. The highest BCUT2D eigenvalue weighted by Crippen LogP contribution is 2.40. The highest BCUT2D eigenvalue weighted by molar-refractivity contribution is 5.77. The Labute approximate surface area is 81.2 Å². The van der Waals surface area contributed by atoms with Crippen molar-refractivity contribution in [3.8, 4) is 0 Å². The second-order valence-corrected chi connectivity index (χ2v) is 3.81. The van der Waals surface area contributed by atoms with Gasteiger partial charge in [0, 0.05) is 6.07 Å². The van der Waals surface area contributed by atoms with E-state index in [0.717, 1.165) is 0 Å². The highest BCUT2D eigenvalue weighted by atomic mass is 16.3. The molecule has 2 heteroatoms. The van der Waals surface area contributed by atoms with Crippen LogP contribution in [0.1, 0.15) is 24.3 Å². The monoisotopic (exact) mass is 186 g/mol. The van der Waals surface area contributed by atoms with E-state index in [1.54, 1.807) is 0 Å². The first-order valence-corrected chi connectivity index (χ1v) is 4.86. The minimum absolute atomic E-state index is 0.0498. The molecule has 0 saturated heterocycles. The Bertz CT molecular complexity index is 535. The van der Waals surface area contributed by atoms with Gasteiger partial charge < -0.3 is 4.42 Å². The molecular formula is C12H10O2. The van der Waals surface area contributed by atoms with Crippen molar-refractivity contribution in [1.29, 1.82) is 0 Å². The topological polar surface area (TPSA) is 30.2 Å². The van der Waals surface area contributed by atoms with Crippen LogP contribution in [0.2, 0.25) is 0 Å². The van der Waals surface area contributed by atoms with Crippen molar-refractivity contribution in [3.05, 3.63) is 46.3 Å². The van der Waals surface area contributed by atoms with E-state index >= 15 is 0 Å². The summed E-state index contributed by atoms with van der Waals surface area (Å²) in [5.74, 6) is 0.680. The summed E-state index contributed by atoms with van der Waals surface area (Å²) in [7, 11) is 0. The molecule has 70 valence electrons. The molecule has 0 amide bonds. The molecule has 0 aliphatic heterocycles. The fourth-order valence-electron chi connectivity index (χ4n) is 1.77. The molecule has 14 heavy (non-hydrogen) atoms. The molecule has 0 atom stereocenters. The van der Waals surface area contributed by atoms with E-state index in [2.05, 4.69) is 6.07 Å². The van der Waals surface area contributed by atoms with E-state index in [-0.39, 0.29) is 5.43 Å². The maximum atomic E-state index is 11.5. The van der Waals surface area contributed by atoms with Crippen molar-refractivity contribution in [2.75, 3.05) is 0 Å². The predicted octanol–water partition coefficient (Wildman–Crippen LogP) is 2.67. The van der Waals surface area contributed by atoms with E-state index in [4.69, 9.17) is 4.42 Å². The van der Waals surface area contributed by atoms with Crippen LogP contribution in [0.4, 0.5) is 0 Å². The Morgan fingerprint density at radius 2 is 2.07 bits per heavy atom. The van der Waals surface area contributed by atoms with Crippen molar-refractivity contribution in [1.82, 2.24) is 0 Å². The molecule has 1 aromatic heterocycles. The van der Waals surface area contributed by atoms with E-state index in [1.165, 1.54) is 30.7 Å². The van der Waals surface area contributed by atoms with Gasteiger partial charge in [0.05, 0.1) is 11.6 Å². The second kappa shape index (κ2) is 2.71. The lowest BCUT2D eigenvalue weighted by atomic mass is 10.1. The van der Waals surface area contributed by atoms with E-state index in [1.807, 2.05) is 12.1 Å². The molecule has 2 nitrogen and oxygen atoms in total. The van der Waals surface area contributed by atoms with Crippen LogP contribution in [-0.2, 0) is 0 Å². The van der Waals surface area contributed by atoms with Gasteiger partial charge in [0.15, 0.2) is 5.43 Å². The van der Waals surface area contributed by atoms with Gasteiger partial charge in [-0.15, -0.1) is 0 Å². The van der Waals surface area contributed by atoms with E-state index in [0.29, 0.717) is 16.9 Å². The lowest BCUT2D eigenvalue weighted by Gasteiger charge is -1.99. The lowest BCUT2D eigenvalue weighted by molar-refractivity contribution is 0.602. The quantitative estimate of drug-likeness (QED) is 0.685. The van der Waals surface area contributed by atoms with E-state index < -0.39 is 0 Å². The van der Waals surface area contributed by atoms with Crippen LogP contribution in [0.25, 0.3) is 11.0 Å². The summed E-state index contributed by atoms with van der Waals surface area (Å²) in [5, 5.41) is 0.705. The third kappa shape index (κ3) is 1.15. The first kappa shape index (κ1) is 7.80. The van der Waals surface area contributed by atoms with Crippen LogP contribution in [0.3, 0.4) is 0 Å². The summed E-state index contributed by atoms with van der Waals surface area (Å²) in [6, 6.07) is 7.39. The third-order valence-electron chi connectivity index (χ3n) is 2.73. The minimum Gasteiger partial charge on any atom is -0.464 e. The summed E-state index contributed by atoms with van der Waals surface area (Å²) in [6.45, 7) is 0. The zero-order valence-corrected chi connectivity index (χ0v) is 7.69. The van der Waals surface area contributed by atoms with Gasteiger partial charge in [0.2, 0.25) is 0 Å². The molecule has 1 fully saturated rings. The molecule has 0 radical (unpaired) electrons. The second-order valence-electron chi connectivity index (χ2n) is 3.81. The first-order valence-electron chi connectivity index (χ1n) is 4.86. The normalized spacial score (nSPS) is 16.0. The van der Waals surface area contributed by atoms with Gasteiger partial charge in [-0.2, -0.15) is 0 Å². The molecule has 1 aromatic carbocycles. The molecule has 1 saturated carbocycles. The summed E-state index contributed by atoms with van der Waals surface area (Å²) in [4.78, 5) is 11.5. The van der Waals surface area contributed by atoms with Gasteiger partial charge in [0.1, 0.15) is 5.58 Å².